The van der Waals surface area contributed by atoms with Gasteiger partial charge in [-0.2, -0.15) is 22.0 Å². The number of allylic oxidation sites excluding steroid dienone is 4. The molecule has 5 aromatic rings. The summed E-state index contributed by atoms with van der Waals surface area (Å²) in [6.07, 6.45) is 3.70. The summed E-state index contributed by atoms with van der Waals surface area (Å²) < 4.78 is 89.3. The van der Waals surface area contributed by atoms with Gasteiger partial charge < -0.3 is 18.7 Å². The van der Waals surface area contributed by atoms with Crippen molar-refractivity contribution in [3.8, 4) is 5.75 Å². The van der Waals surface area contributed by atoms with Crippen molar-refractivity contribution in [1.82, 2.24) is 19.8 Å². The number of halogens is 5. The highest BCUT2D eigenvalue weighted by molar-refractivity contribution is 5.81. The highest BCUT2D eigenvalue weighted by Gasteiger charge is 2.50. The van der Waals surface area contributed by atoms with E-state index in [4.69, 9.17) is 23.5 Å². The Hall–Kier alpha value is -5.08. The Kier molecular flexibility index (Phi) is 9.53. The topological polar surface area (TPSA) is 105 Å². The number of carboxylic acids is 1. The number of ether oxygens (including phenoxy) is 1. The van der Waals surface area contributed by atoms with Gasteiger partial charge in [-0.25, -0.2) is 9.97 Å². The summed E-state index contributed by atoms with van der Waals surface area (Å²) in [6, 6.07) is 12.5. The van der Waals surface area contributed by atoms with Gasteiger partial charge in [-0.05, 0) is 92.7 Å². The van der Waals surface area contributed by atoms with Crippen LogP contribution in [0.4, 0.5) is 22.0 Å². The number of carboxylic acid groups (broad SMARTS) is 1. The van der Waals surface area contributed by atoms with E-state index in [-0.39, 0.29) is 46.3 Å². The molecule has 3 atom stereocenters. The average molecular weight is 763 g/mol. The van der Waals surface area contributed by atoms with Gasteiger partial charge in [0, 0.05) is 30.6 Å². The summed E-state index contributed by atoms with van der Waals surface area (Å²) in [6.45, 7) is 3.05. The van der Waals surface area contributed by atoms with Crippen LogP contribution < -0.4 is 4.74 Å². The van der Waals surface area contributed by atoms with Crippen molar-refractivity contribution in [1.29, 1.82) is 0 Å². The Morgan fingerprint density at radius 1 is 1.00 bits per heavy atom. The van der Waals surface area contributed by atoms with Crippen molar-refractivity contribution in [2.45, 2.75) is 76.9 Å². The van der Waals surface area contributed by atoms with Gasteiger partial charge in [-0.15, -0.1) is 0 Å². The number of oxazole rings is 2. The van der Waals surface area contributed by atoms with Crippen LogP contribution in [0.3, 0.4) is 0 Å². The van der Waals surface area contributed by atoms with Crippen LogP contribution in [0, 0.1) is 12.8 Å². The van der Waals surface area contributed by atoms with Crippen molar-refractivity contribution in [2.24, 2.45) is 5.92 Å². The molecular formula is C41H39F5N4O5. The fraction of sp³-hybridized carbons (Fsp3) is 0.390. The van der Waals surface area contributed by atoms with Crippen LogP contribution in [0.2, 0.25) is 0 Å². The number of aliphatic carboxylic acids is 1. The third-order valence-electron chi connectivity index (χ3n) is 11.2. The number of alkyl halides is 5. The summed E-state index contributed by atoms with van der Waals surface area (Å²) in [5, 5.41) is 9.76. The van der Waals surface area contributed by atoms with Crippen molar-refractivity contribution in [3.63, 3.8) is 0 Å². The standard InChI is InChI=1S/C41H39F5N4O5/c1-23-9-3-4-10-27(23)28-11-7-13-40(24(28)2,38-48-31-18-25(21-49-14-5-6-15-49)17-29(35(31)55-38)41(44,45)46)37-47-30-19-26(22-50-16-8-12-32(50)36(51)52)33(54-39(42)43)20-34(30)53-37/h3-4,7,9-11,13,17-20,24,32,39H,5-6,8,12,14-16,21-22H2,1-2H3,(H,51,52)/t24?,32-,40?/m0/s1. The minimum atomic E-state index is -4.74. The summed E-state index contributed by atoms with van der Waals surface area (Å²) in [7, 11) is 0. The molecule has 2 saturated heterocycles. The van der Waals surface area contributed by atoms with Gasteiger partial charge in [-0.1, -0.05) is 49.4 Å². The lowest BCUT2D eigenvalue weighted by atomic mass is 9.67. The molecule has 1 N–H and O–H groups in total. The van der Waals surface area contributed by atoms with Gasteiger partial charge in [0.05, 0.1) is 0 Å². The number of fused-ring (bicyclic) bond motifs is 2. The van der Waals surface area contributed by atoms with E-state index in [1.165, 1.54) is 12.1 Å². The van der Waals surface area contributed by atoms with Crippen molar-refractivity contribution >= 4 is 33.7 Å². The number of hydrogen-bond acceptors (Lipinski definition) is 8. The Morgan fingerprint density at radius 3 is 2.47 bits per heavy atom. The predicted molar refractivity (Wildman–Crippen MR) is 193 cm³/mol. The van der Waals surface area contributed by atoms with E-state index in [2.05, 4.69) is 4.90 Å². The number of aryl methyl sites for hydroxylation is 1. The smallest absolute Gasteiger partial charge is 0.420 e. The minimum absolute atomic E-state index is 0.00385. The monoisotopic (exact) mass is 762 g/mol. The van der Waals surface area contributed by atoms with Gasteiger partial charge in [0.25, 0.3) is 0 Å². The van der Waals surface area contributed by atoms with Crippen LogP contribution in [0.25, 0.3) is 27.8 Å². The molecule has 2 unspecified atom stereocenters. The second-order valence-corrected chi connectivity index (χ2v) is 14.7. The molecule has 0 spiro atoms. The molecule has 0 amide bonds. The molecule has 1 aliphatic carbocycles. The van der Waals surface area contributed by atoms with E-state index in [0.29, 0.717) is 31.5 Å². The Morgan fingerprint density at radius 2 is 1.75 bits per heavy atom. The highest BCUT2D eigenvalue weighted by atomic mass is 19.4. The minimum Gasteiger partial charge on any atom is -0.480 e. The molecule has 14 heteroatoms. The third kappa shape index (κ3) is 6.79. The van der Waals surface area contributed by atoms with Gasteiger partial charge in [0.15, 0.2) is 11.2 Å². The highest BCUT2D eigenvalue weighted by Crippen LogP contribution is 2.51. The molecule has 2 aliphatic heterocycles. The van der Waals surface area contributed by atoms with Gasteiger partial charge in [0.2, 0.25) is 11.8 Å². The van der Waals surface area contributed by atoms with E-state index in [1.807, 2.05) is 44.2 Å². The maximum absolute atomic E-state index is 14.7. The van der Waals surface area contributed by atoms with Crippen LogP contribution in [0.1, 0.15) is 72.2 Å². The summed E-state index contributed by atoms with van der Waals surface area (Å²) in [5.41, 5.74) is 0.952. The molecule has 55 heavy (non-hydrogen) atoms. The van der Waals surface area contributed by atoms with Gasteiger partial charge >= 0.3 is 18.8 Å². The van der Waals surface area contributed by atoms with Crippen molar-refractivity contribution in [3.05, 3.63) is 106 Å². The normalized spacial score (nSPS) is 22.4. The zero-order valence-corrected chi connectivity index (χ0v) is 30.2. The third-order valence-corrected chi connectivity index (χ3v) is 11.2. The zero-order chi connectivity index (χ0) is 38.6. The molecule has 4 heterocycles. The molecular weight excluding hydrogens is 723 g/mol. The second kappa shape index (κ2) is 14.2. The lowest BCUT2D eigenvalue weighted by molar-refractivity contribution is -0.142. The molecule has 9 nitrogen and oxygen atoms in total. The number of hydrogen-bond donors (Lipinski definition) is 1. The first-order valence-corrected chi connectivity index (χ1v) is 18.4. The van der Waals surface area contributed by atoms with Crippen LogP contribution >= 0.6 is 0 Å². The number of likely N-dealkylation sites (tertiary alicyclic amines) is 2. The van der Waals surface area contributed by atoms with E-state index >= 15 is 0 Å². The van der Waals surface area contributed by atoms with Crippen molar-refractivity contribution in [2.75, 3.05) is 19.6 Å². The predicted octanol–water partition coefficient (Wildman–Crippen LogP) is 9.12. The Balaban J connectivity index is 1.31. The average Bonchev–Trinajstić information content (AvgIpc) is 3.96. The molecule has 8 rings (SSSR count). The number of nitrogens with zero attached hydrogens (tertiary/aromatic N) is 4. The summed E-state index contributed by atoms with van der Waals surface area (Å²) in [5.74, 6) is -1.84. The van der Waals surface area contributed by atoms with E-state index in [0.717, 1.165) is 48.7 Å². The summed E-state index contributed by atoms with van der Waals surface area (Å²) >= 11 is 0. The molecule has 2 aromatic heterocycles. The first-order valence-electron chi connectivity index (χ1n) is 18.4. The molecule has 2 fully saturated rings. The Labute approximate surface area is 313 Å². The van der Waals surface area contributed by atoms with Crippen LogP contribution in [-0.2, 0) is 29.5 Å². The largest absolute Gasteiger partial charge is 0.480 e. The van der Waals surface area contributed by atoms with Crippen LogP contribution in [0.5, 0.6) is 5.75 Å². The lowest BCUT2D eigenvalue weighted by Crippen LogP contribution is -2.36. The van der Waals surface area contributed by atoms with E-state index in [1.54, 1.807) is 23.1 Å². The lowest BCUT2D eigenvalue weighted by Gasteiger charge is -2.35. The molecule has 3 aromatic carbocycles. The van der Waals surface area contributed by atoms with E-state index in [9.17, 15) is 31.9 Å². The van der Waals surface area contributed by atoms with Crippen molar-refractivity contribution < 1.29 is 45.4 Å². The molecule has 288 valence electrons. The maximum Gasteiger partial charge on any atom is 0.420 e. The molecule has 0 bridgehead atoms. The van der Waals surface area contributed by atoms with Gasteiger partial charge in [-0.3, -0.25) is 14.6 Å². The first kappa shape index (κ1) is 36.9. The molecule has 0 saturated carbocycles. The molecule has 3 aliphatic rings. The number of rotatable bonds is 10. The van der Waals surface area contributed by atoms with E-state index < -0.39 is 47.3 Å². The zero-order valence-electron chi connectivity index (χ0n) is 30.2. The number of aromatic nitrogens is 2. The number of carbonyl (C=O) groups is 1. The second-order valence-electron chi connectivity index (χ2n) is 14.7. The quantitative estimate of drug-likeness (QED) is 0.140. The first-order chi connectivity index (χ1) is 26.3. The van der Waals surface area contributed by atoms with Crippen LogP contribution in [-0.4, -0.2) is 63.1 Å². The van der Waals surface area contributed by atoms with Gasteiger partial charge in [0.1, 0.15) is 33.8 Å². The fourth-order valence-corrected chi connectivity index (χ4v) is 8.45. The van der Waals surface area contributed by atoms with Crippen LogP contribution in [0.15, 0.2) is 75.6 Å². The fourth-order valence-electron chi connectivity index (χ4n) is 8.45. The maximum atomic E-state index is 14.7. The molecule has 0 radical (unpaired) electrons. The SMILES string of the molecule is Cc1ccccc1C1=CC=CC(c2nc3cc(CN4CCC[C@H]4C(=O)O)c(OC(F)F)cc3o2)(c2nc3cc(CN4CCCC4)cc(C(F)(F)F)c3o2)C1C. The summed E-state index contributed by atoms with van der Waals surface area (Å²) in [4.78, 5) is 25.4. The number of benzene rings is 3. The Bertz CT molecular complexity index is 2320.